The number of benzene rings is 1. The van der Waals surface area contributed by atoms with E-state index in [0.717, 1.165) is 0 Å². The average molecular weight is 371 g/mol. The smallest absolute Gasteiger partial charge is 0.349 e. The predicted molar refractivity (Wildman–Crippen MR) is 90.8 cm³/mol. The first-order valence-electron chi connectivity index (χ1n) is 7.12. The number of hydrogen-bond donors (Lipinski definition) is 1. The van der Waals surface area contributed by atoms with Crippen LogP contribution in [0.1, 0.15) is 15.4 Å². The molecule has 1 N–H and O–H groups in total. The highest BCUT2D eigenvalue weighted by Gasteiger charge is 2.19. The van der Waals surface area contributed by atoms with E-state index in [2.05, 4.69) is 5.32 Å². The van der Waals surface area contributed by atoms with E-state index in [9.17, 15) is 19.7 Å². The number of anilines is 1. The summed E-state index contributed by atoms with van der Waals surface area (Å²) in [6.07, 6.45) is 0. The molecule has 10 heteroatoms. The molecule has 3 rings (SSSR count). The number of carbonyl (C=O) groups is 2. The molecule has 0 saturated heterocycles. The van der Waals surface area contributed by atoms with E-state index in [4.69, 9.17) is 14.4 Å². The third-order valence-electron chi connectivity index (χ3n) is 3.27. The first-order chi connectivity index (χ1) is 12.5. The lowest BCUT2D eigenvalue weighted by Gasteiger charge is -2.04. The van der Waals surface area contributed by atoms with Crippen LogP contribution in [0.5, 0.6) is 0 Å². The van der Waals surface area contributed by atoms with Gasteiger partial charge in [-0.2, -0.15) is 5.26 Å². The summed E-state index contributed by atoms with van der Waals surface area (Å²) in [4.78, 5) is 33.9. The fourth-order valence-corrected chi connectivity index (χ4v) is 2.88. The number of rotatable bonds is 5. The van der Waals surface area contributed by atoms with Crippen LogP contribution in [0.4, 0.5) is 10.7 Å². The molecule has 0 fully saturated rings. The average Bonchev–Trinajstić information content (AvgIpc) is 3.25. The molecule has 0 unspecified atom stereocenters. The number of fused-ring (bicyclic) bond motifs is 1. The summed E-state index contributed by atoms with van der Waals surface area (Å²) in [5, 5.41) is 22.5. The van der Waals surface area contributed by atoms with E-state index in [1.54, 1.807) is 24.3 Å². The molecule has 0 aliphatic rings. The second-order valence-corrected chi connectivity index (χ2v) is 6.00. The number of nitro groups is 1. The number of amides is 1. The molecule has 130 valence electrons. The molecular weight excluding hydrogens is 362 g/mol. The summed E-state index contributed by atoms with van der Waals surface area (Å²) in [7, 11) is 0. The molecule has 26 heavy (non-hydrogen) atoms. The lowest BCUT2D eigenvalue weighted by molar-refractivity contribution is -0.380. The minimum atomic E-state index is -0.851. The van der Waals surface area contributed by atoms with E-state index >= 15 is 0 Å². The van der Waals surface area contributed by atoms with E-state index in [-0.39, 0.29) is 21.3 Å². The van der Waals surface area contributed by atoms with Crippen molar-refractivity contribution in [2.45, 2.75) is 0 Å². The zero-order valence-corrected chi connectivity index (χ0v) is 13.7. The topological polar surface area (TPSA) is 135 Å². The Balaban J connectivity index is 1.67. The molecular formula is C16H9N3O6S. The molecule has 0 atom stereocenters. The van der Waals surface area contributed by atoms with E-state index in [1.807, 2.05) is 6.07 Å². The van der Waals surface area contributed by atoms with Gasteiger partial charge >= 0.3 is 11.0 Å². The van der Waals surface area contributed by atoms with Gasteiger partial charge < -0.3 is 14.5 Å². The van der Waals surface area contributed by atoms with Crippen molar-refractivity contribution in [2.75, 3.05) is 11.9 Å². The van der Waals surface area contributed by atoms with Crippen LogP contribution in [0.3, 0.4) is 0 Å². The zero-order valence-electron chi connectivity index (χ0n) is 12.9. The van der Waals surface area contributed by atoms with Gasteiger partial charge in [-0.3, -0.25) is 14.9 Å². The normalized spacial score (nSPS) is 10.3. The molecule has 2 aromatic heterocycles. The Bertz CT molecular complexity index is 1060. The highest BCUT2D eigenvalue weighted by Crippen LogP contribution is 2.30. The van der Waals surface area contributed by atoms with Crippen molar-refractivity contribution in [1.82, 2.24) is 0 Å². The minimum Gasteiger partial charge on any atom is -0.451 e. The summed E-state index contributed by atoms with van der Waals surface area (Å²) in [6.45, 7) is -0.616. The van der Waals surface area contributed by atoms with Crippen molar-refractivity contribution in [3.8, 4) is 6.07 Å². The summed E-state index contributed by atoms with van der Waals surface area (Å²) in [5.41, 5.74) is 0.623. The van der Waals surface area contributed by atoms with Crippen LogP contribution >= 0.6 is 11.3 Å². The van der Waals surface area contributed by atoms with Gasteiger partial charge in [0.25, 0.3) is 5.91 Å². The number of para-hydroxylation sites is 1. The molecule has 1 aromatic carbocycles. The van der Waals surface area contributed by atoms with Gasteiger partial charge in [-0.1, -0.05) is 23.5 Å². The van der Waals surface area contributed by atoms with E-state index in [1.165, 1.54) is 12.1 Å². The molecule has 2 heterocycles. The molecule has 3 aromatic rings. The monoisotopic (exact) mass is 371 g/mol. The molecule has 0 spiro atoms. The Morgan fingerprint density at radius 1 is 1.31 bits per heavy atom. The summed E-state index contributed by atoms with van der Waals surface area (Å²) >= 11 is 0.651. The molecule has 0 aliphatic heterocycles. The standard InChI is InChI=1S/C16H9N3O6S/c17-7-11-15(9-3-1-2-4-10(9)25-11)18-13(20)8-24-16(21)12-5-6-14(26-12)19(22)23/h1-6H,8H2,(H,18,20). The van der Waals surface area contributed by atoms with Crippen LogP contribution in [0.2, 0.25) is 0 Å². The fourth-order valence-electron chi connectivity index (χ4n) is 2.16. The Morgan fingerprint density at radius 2 is 2.08 bits per heavy atom. The van der Waals surface area contributed by atoms with Gasteiger partial charge in [-0.15, -0.1) is 0 Å². The molecule has 0 aliphatic carbocycles. The summed E-state index contributed by atoms with van der Waals surface area (Å²) in [6, 6.07) is 11.0. The third-order valence-corrected chi connectivity index (χ3v) is 4.29. The van der Waals surface area contributed by atoms with Crippen molar-refractivity contribution in [1.29, 1.82) is 5.26 Å². The summed E-state index contributed by atoms with van der Waals surface area (Å²) < 4.78 is 10.2. The van der Waals surface area contributed by atoms with Gasteiger partial charge in [0, 0.05) is 11.5 Å². The molecule has 0 radical (unpaired) electrons. The number of nitrogens with zero attached hydrogens (tertiary/aromatic N) is 2. The van der Waals surface area contributed by atoms with E-state index in [0.29, 0.717) is 22.3 Å². The van der Waals surface area contributed by atoms with Crippen molar-refractivity contribution >= 4 is 44.9 Å². The van der Waals surface area contributed by atoms with Crippen LogP contribution in [0.15, 0.2) is 40.8 Å². The fraction of sp³-hybridized carbons (Fsp3) is 0.0625. The molecule has 1 amide bonds. The zero-order chi connectivity index (χ0) is 18.7. The van der Waals surface area contributed by atoms with Gasteiger partial charge in [-0.25, -0.2) is 4.79 Å². The van der Waals surface area contributed by atoms with Crippen LogP contribution in [-0.2, 0) is 9.53 Å². The van der Waals surface area contributed by atoms with Gasteiger partial charge in [0.15, 0.2) is 6.61 Å². The Kier molecular flexibility index (Phi) is 4.64. The second-order valence-electron chi connectivity index (χ2n) is 4.93. The number of thiophene rings is 1. The van der Waals surface area contributed by atoms with Gasteiger partial charge in [-0.05, 0) is 18.2 Å². The Morgan fingerprint density at radius 3 is 2.77 bits per heavy atom. The van der Waals surface area contributed by atoms with Gasteiger partial charge in [0.05, 0.1) is 4.92 Å². The number of ether oxygens (including phenoxy) is 1. The highest BCUT2D eigenvalue weighted by molar-refractivity contribution is 7.17. The van der Waals surface area contributed by atoms with Crippen molar-refractivity contribution < 1.29 is 23.7 Å². The quantitative estimate of drug-likeness (QED) is 0.413. The first kappa shape index (κ1) is 17.1. The lowest BCUT2D eigenvalue weighted by Crippen LogP contribution is -2.20. The van der Waals surface area contributed by atoms with Crippen LogP contribution in [-0.4, -0.2) is 23.4 Å². The second kappa shape index (κ2) is 7.04. The van der Waals surface area contributed by atoms with Crippen LogP contribution in [0, 0.1) is 21.4 Å². The van der Waals surface area contributed by atoms with E-state index < -0.39 is 23.4 Å². The van der Waals surface area contributed by atoms with Crippen molar-refractivity contribution in [3.05, 3.63) is 57.1 Å². The number of carbonyl (C=O) groups excluding carboxylic acids is 2. The maximum Gasteiger partial charge on any atom is 0.349 e. The number of hydrogen-bond acceptors (Lipinski definition) is 8. The van der Waals surface area contributed by atoms with Gasteiger partial charge in [0.1, 0.15) is 22.2 Å². The number of esters is 1. The van der Waals surface area contributed by atoms with Crippen molar-refractivity contribution in [3.63, 3.8) is 0 Å². The van der Waals surface area contributed by atoms with Gasteiger partial charge in [0.2, 0.25) is 5.76 Å². The Labute approximate surface area is 149 Å². The number of furan rings is 1. The third kappa shape index (κ3) is 3.38. The molecule has 9 nitrogen and oxygen atoms in total. The minimum absolute atomic E-state index is 0.0102. The number of nitriles is 1. The maximum atomic E-state index is 12.0. The first-order valence-corrected chi connectivity index (χ1v) is 7.94. The highest BCUT2D eigenvalue weighted by atomic mass is 32.1. The Hall–Kier alpha value is -3.71. The predicted octanol–water partition coefficient (Wildman–Crippen LogP) is 3.07. The van der Waals surface area contributed by atoms with Crippen LogP contribution in [0.25, 0.3) is 11.0 Å². The lowest BCUT2D eigenvalue weighted by atomic mass is 10.2. The summed E-state index contributed by atoms with van der Waals surface area (Å²) in [5.74, 6) is -1.59. The molecule has 0 bridgehead atoms. The SMILES string of the molecule is N#Cc1oc2ccccc2c1NC(=O)COC(=O)c1ccc([N+](=O)[O-])s1. The maximum absolute atomic E-state index is 12.0. The largest absolute Gasteiger partial charge is 0.451 e. The van der Waals surface area contributed by atoms with Crippen molar-refractivity contribution in [2.24, 2.45) is 0 Å². The number of nitrogens with one attached hydrogen (secondary N) is 1. The van der Waals surface area contributed by atoms with Crippen LogP contribution < -0.4 is 5.32 Å². The molecule has 0 saturated carbocycles.